The minimum absolute atomic E-state index is 0.0410. The van der Waals surface area contributed by atoms with Crippen molar-refractivity contribution in [2.45, 2.75) is 27.1 Å². The maximum Gasteiger partial charge on any atom is 0.178 e. The number of fused-ring (bicyclic) bond motifs is 6. The van der Waals surface area contributed by atoms with E-state index in [1.807, 2.05) is 22.9 Å². The normalized spacial score (nSPS) is 16.2. The summed E-state index contributed by atoms with van der Waals surface area (Å²) < 4.78 is 104. The van der Waals surface area contributed by atoms with Gasteiger partial charge < -0.3 is 49.6 Å². The lowest BCUT2D eigenvalue weighted by Gasteiger charge is -2.43. The molecule has 0 bridgehead atoms. The minimum atomic E-state index is -0.528. The second kappa shape index (κ2) is 52.9. The number of aromatic nitrogens is 18. The average Bonchev–Trinajstić information content (AvgIpc) is 1.54. The summed E-state index contributed by atoms with van der Waals surface area (Å²) in [5, 5.41) is 82.8. The second-order valence-corrected chi connectivity index (χ2v) is 42.1. The smallest absolute Gasteiger partial charge is 0.178 e. The first-order chi connectivity index (χ1) is 72.2. The van der Waals surface area contributed by atoms with E-state index in [0.29, 0.717) is 100 Å². The number of ether oxygens (including phenoxy) is 4. The van der Waals surface area contributed by atoms with Gasteiger partial charge in [-0.1, -0.05) is 0 Å². The highest BCUT2D eigenvalue weighted by Gasteiger charge is 2.35. The van der Waals surface area contributed by atoms with E-state index in [4.69, 9.17) is 28.2 Å². The van der Waals surface area contributed by atoms with Crippen LogP contribution >= 0.6 is 99.9 Å². The molecule has 8 aliphatic heterocycles. The van der Waals surface area contributed by atoms with Crippen molar-refractivity contribution in [1.82, 2.24) is 122 Å². The Morgan fingerprint density at radius 1 is 0.358 bits per heavy atom. The number of thiazole rings is 6. The molecule has 0 spiro atoms. The Bertz CT molecular complexity index is 6940. The highest BCUT2D eigenvalue weighted by Crippen LogP contribution is 2.40. The molecule has 8 aliphatic rings. The zero-order valence-electron chi connectivity index (χ0n) is 79.3. The molecule has 0 aliphatic carbocycles. The van der Waals surface area contributed by atoms with Gasteiger partial charge in [-0.3, -0.25) is 38.8 Å². The van der Waals surface area contributed by atoms with Crippen molar-refractivity contribution in [3.8, 4) is 43.7 Å². The summed E-state index contributed by atoms with van der Waals surface area (Å²) in [5.41, 5.74) is 14.8. The molecule has 54 heteroatoms. The molecule has 4 N–H and O–H groups in total. The van der Waals surface area contributed by atoms with Crippen LogP contribution in [-0.4, -0.2) is 330 Å². The first-order valence-corrected chi connectivity index (χ1v) is 53.4. The number of rotatable bonds is 20. The molecule has 0 radical (unpaired) electrons. The summed E-state index contributed by atoms with van der Waals surface area (Å²) in [6.07, 6.45) is 2.75. The fraction of sp³-hybridized carbons (Fsp3) is 0.383. The third kappa shape index (κ3) is 29.0. The van der Waals surface area contributed by atoms with Gasteiger partial charge in [0, 0.05) is 197 Å². The molecule has 776 valence electrons. The van der Waals surface area contributed by atoms with Crippen molar-refractivity contribution in [2.75, 3.05) is 194 Å². The molecule has 0 unspecified atom stereocenters. The molecule has 12 aromatic heterocycles. The lowest BCUT2D eigenvalue weighted by atomic mass is 9.97. The van der Waals surface area contributed by atoms with E-state index in [0.717, 1.165) is 244 Å². The molecule has 0 amide bonds. The number of benzene rings is 6. The molecule has 0 saturated carbocycles. The number of morpholine rings is 4. The van der Waals surface area contributed by atoms with E-state index in [1.165, 1.54) is 132 Å². The molecule has 18 aromatic rings. The Morgan fingerprint density at radius 2 is 0.716 bits per heavy atom. The predicted molar refractivity (Wildman–Crippen MR) is 551 cm³/mol. The monoisotopic (exact) mass is 2270 g/mol. The van der Waals surface area contributed by atoms with Crippen LogP contribution in [0.5, 0.6) is 0 Å². The van der Waals surface area contributed by atoms with Gasteiger partial charge >= 0.3 is 0 Å². The number of carbonyl (C=O) groups excluding carboxylic acids is 4. The second-order valence-electron chi connectivity index (χ2n) is 34.7. The molecule has 42 nitrogen and oxygen atoms in total. The Hall–Kier alpha value is -12.0. The standard InChI is InChI=1S/2C18H21N5O3S.2C10H4FN3O2S.2C8H16N2O.2C7H5FN2O.2C4H2BrNOS/c24-10-14-11-27-18(19-14)13-5-15-17(21-26-20-15)16(6-13)23-8-12(9-23)7-22-1-3-25-4-2-22;24-10-17-19-15(11-27-17)13-5-14-18(21-26-20-14)16(6-13)23-8-12(9-23)7-22-1-3-25-4-2-22;11-7-1-5(2-8-9(7)14-16-13-8)10-12-6(3-15)4-17-10;11-6-1-5(2-7-10(6)14-16-13-7)8-4-17-9(3-15)12-8;2*1-3-11-4-2-10(1)7-8-5-9-6-8;2*1-4-2-5(8)7-6(3-4)9-11-10-7;5-3-2-8-4(1-7)6-3;5-4-6-3(1-7)2-8-4/h2*5-6,11-12,24H,1-4,7-10H2;2*1-4H;2*8-9H,1-7H2;2*2-3H,1H3;2*1-2H. The summed E-state index contributed by atoms with van der Waals surface area (Å²) >= 11 is 14.4. The van der Waals surface area contributed by atoms with Crippen LogP contribution < -0.4 is 20.4 Å². The number of carbonyl (C=O) groups is 4. The van der Waals surface area contributed by atoms with Crippen LogP contribution in [0.3, 0.4) is 0 Å². The summed E-state index contributed by atoms with van der Waals surface area (Å²) in [4.78, 5) is 80.2. The molecule has 8 saturated heterocycles. The van der Waals surface area contributed by atoms with Crippen molar-refractivity contribution < 1.29 is 93.7 Å². The first kappa shape index (κ1) is 107. The first-order valence-electron chi connectivity index (χ1n) is 46.6. The van der Waals surface area contributed by atoms with Crippen LogP contribution in [0.2, 0.25) is 0 Å². The van der Waals surface area contributed by atoms with E-state index in [-0.39, 0.29) is 46.9 Å². The molecule has 8 fully saturated rings. The van der Waals surface area contributed by atoms with E-state index < -0.39 is 11.6 Å². The zero-order chi connectivity index (χ0) is 103. The Balaban J connectivity index is 0.000000115. The molecule has 20 heterocycles. The number of hydrogen-bond donors (Lipinski definition) is 4. The number of nitrogens with one attached hydrogen (secondary N) is 2. The van der Waals surface area contributed by atoms with E-state index >= 15 is 0 Å². The summed E-state index contributed by atoms with van der Waals surface area (Å²) in [5.74, 6) is 1.30. The SMILES string of the molecule is C1CN(CC2CNC2)CCO1.C1CN(CC2CNC2)CCO1.Cc1cc(F)c2nonc2c1.Cc1cc(F)c2nonc2c1.O=Cc1csc(-c2cc(F)c3nonc3c2)n1.O=Cc1csc(Br)n1.O=Cc1nc(-c2cc(F)c3nonc3c2)cs1.O=Cc1nc(Br)cs1.OCc1csc(-c2cc(N3CC(CN4CCOCC4)C3)c3nonc3c2)n1.OCc1nc(-c2cc(N3CC(CN4CCOCC4)C3)c3nonc3c2)cs1. The maximum atomic E-state index is 13.6. The van der Waals surface area contributed by atoms with Gasteiger partial charge in [0.25, 0.3) is 0 Å². The number of aliphatic hydroxyl groups is 2. The van der Waals surface area contributed by atoms with Gasteiger partial charge in [0.15, 0.2) is 95.4 Å². The topological polar surface area (TPSA) is 500 Å². The van der Waals surface area contributed by atoms with Crippen LogP contribution in [0.4, 0.5) is 28.9 Å². The highest BCUT2D eigenvalue weighted by molar-refractivity contribution is 9.11. The van der Waals surface area contributed by atoms with Crippen LogP contribution in [0.1, 0.15) is 62.4 Å². The van der Waals surface area contributed by atoms with Gasteiger partial charge in [-0.2, -0.15) is 0 Å². The Kier molecular flexibility index (Phi) is 38.4. The van der Waals surface area contributed by atoms with Gasteiger partial charge in [-0.25, -0.2) is 75.2 Å². The van der Waals surface area contributed by atoms with E-state index in [9.17, 15) is 47.0 Å². The van der Waals surface area contributed by atoms with Gasteiger partial charge in [0.1, 0.15) is 64.1 Å². The van der Waals surface area contributed by atoms with E-state index in [1.54, 1.807) is 59.6 Å². The molecule has 6 aromatic carbocycles. The molecular weight excluding hydrogens is 2180 g/mol. The average molecular weight is 2270 g/mol. The third-order valence-electron chi connectivity index (χ3n) is 24.0. The molecular formula is C94H96Br2F4N26O16S6. The quantitative estimate of drug-likeness (QED) is 0.0407. The third-order valence-corrected chi connectivity index (χ3v) is 30.3. The zero-order valence-corrected chi connectivity index (χ0v) is 87.4. The summed E-state index contributed by atoms with van der Waals surface area (Å²) in [6, 6.07) is 20.1. The molecule has 148 heavy (non-hydrogen) atoms. The van der Waals surface area contributed by atoms with Crippen LogP contribution in [0, 0.1) is 60.8 Å². The number of aldehydes is 4. The number of aryl methyl sites for hydroxylation is 2. The van der Waals surface area contributed by atoms with Crippen molar-refractivity contribution in [1.29, 1.82) is 0 Å². The van der Waals surface area contributed by atoms with Crippen LogP contribution in [0.15, 0.2) is 141 Å². The fourth-order valence-electron chi connectivity index (χ4n) is 16.4. The van der Waals surface area contributed by atoms with Gasteiger partial charge in [-0.05, 0) is 203 Å². The van der Waals surface area contributed by atoms with Gasteiger partial charge in [0.2, 0.25) is 0 Å². The fourth-order valence-corrected chi connectivity index (χ4v) is 21.2. The van der Waals surface area contributed by atoms with Crippen molar-refractivity contribution in [2.24, 2.45) is 23.7 Å². The summed E-state index contributed by atoms with van der Waals surface area (Å²) in [6.45, 7) is 32.9. The van der Waals surface area contributed by atoms with E-state index in [2.05, 4.69) is 194 Å². The largest absolute Gasteiger partial charge is 0.390 e. The van der Waals surface area contributed by atoms with Gasteiger partial charge in [-0.15, -0.1) is 68.0 Å². The minimum Gasteiger partial charge on any atom is -0.390 e. The summed E-state index contributed by atoms with van der Waals surface area (Å²) in [7, 11) is 0. The predicted octanol–water partition coefficient (Wildman–Crippen LogP) is 13.7. The number of nitrogens with zero attached hydrogens (tertiary/aromatic N) is 24. The Morgan fingerprint density at radius 3 is 1.09 bits per heavy atom. The molecule has 0 atom stereocenters. The van der Waals surface area contributed by atoms with Crippen molar-refractivity contribution in [3.63, 3.8) is 0 Å². The number of halogens is 6. The lowest BCUT2D eigenvalue weighted by Crippen LogP contribution is -2.53. The van der Waals surface area contributed by atoms with Crippen molar-refractivity contribution in [3.05, 3.63) is 180 Å². The van der Waals surface area contributed by atoms with Crippen LogP contribution in [-0.2, 0) is 32.2 Å². The number of aliphatic hydroxyl groups excluding tert-OH is 2. The molecule has 26 rings (SSSR count). The van der Waals surface area contributed by atoms with Gasteiger partial charge in [0.05, 0.1) is 94.5 Å². The lowest BCUT2D eigenvalue weighted by molar-refractivity contribution is 0.0265. The van der Waals surface area contributed by atoms with Crippen molar-refractivity contribution >= 4 is 203 Å². The van der Waals surface area contributed by atoms with Crippen LogP contribution in [0.25, 0.3) is 110 Å². The number of anilines is 2. The maximum absolute atomic E-state index is 13.6. The highest BCUT2D eigenvalue weighted by atomic mass is 79.9. The Labute approximate surface area is 879 Å². The number of hydrogen-bond acceptors (Lipinski definition) is 48.